The zero-order chi connectivity index (χ0) is 15.2. The highest BCUT2D eigenvalue weighted by atomic mass is 16.6. The first-order valence-corrected chi connectivity index (χ1v) is 6.72. The van der Waals surface area contributed by atoms with Gasteiger partial charge in [0.15, 0.2) is 0 Å². The zero-order valence-corrected chi connectivity index (χ0v) is 12.7. The first kappa shape index (κ1) is 16.3. The van der Waals surface area contributed by atoms with Gasteiger partial charge in [0.25, 0.3) is 0 Å². The van der Waals surface area contributed by atoms with Crippen LogP contribution in [0.3, 0.4) is 0 Å². The molecule has 1 aromatic carbocycles. The number of carbonyl (C=O) groups excluding carboxylic acids is 1. The molecule has 0 spiro atoms. The minimum Gasteiger partial charge on any atom is -0.495 e. The number of carbonyl (C=O) groups is 1. The number of anilines is 1. The minimum atomic E-state index is -0.542. The first-order valence-electron chi connectivity index (χ1n) is 6.72. The summed E-state index contributed by atoms with van der Waals surface area (Å²) in [7, 11) is 1.58. The molecule has 0 fully saturated rings. The van der Waals surface area contributed by atoms with Crippen LogP contribution in [0.5, 0.6) is 5.75 Å². The molecule has 0 bridgehead atoms. The highest BCUT2D eigenvalue weighted by Crippen LogP contribution is 2.29. The number of methoxy groups -OCH3 is 1. The Hall–Kier alpha value is -1.75. The van der Waals surface area contributed by atoms with Gasteiger partial charge in [0.1, 0.15) is 11.4 Å². The molecule has 0 saturated carbocycles. The molecule has 1 amide bonds. The molecular weight excluding hydrogens is 256 g/mol. The largest absolute Gasteiger partial charge is 0.495 e. The van der Waals surface area contributed by atoms with E-state index in [1.54, 1.807) is 12.0 Å². The third-order valence-corrected chi connectivity index (χ3v) is 2.58. The highest BCUT2D eigenvalue weighted by Gasteiger charge is 2.24. The third-order valence-electron chi connectivity index (χ3n) is 2.58. The van der Waals surface area contributed by atoms with Crippen molar-refractivity contribution < 1.29 is 14.3 Å². The van der Waals surface area contributed by atoms with Crippen LogP contribution < -0.4 is 15.4 Å². The van der Waals surface area contributed by atoms with Crippen molar-refractivity contribution >= 4 is 11.8 Å². The number of rotatable bonds is 5. The van der Waals surface area contributed by atoms with Crippen LogP contribution in [0.15, 0.2) is 24.3 Å². The summed E-state index contributed by atoms with van der Waals surface area (Å²) in [5.41, 5.74) is 5.69. The number of nitrogens with two attached hydrogens (primary N) is 1. The maximum Gasteiger partial charge on any atom is 0.414 e. The van der Waals surface area contributed by atoms with Gasteiger partial charge in [0, 0.05) is 6.54 Å². The van der Waals surface area contributed by atoms with E-state index in [1.807, 2.05) is 45.0 Å². The van der Waals surface area contributed by atoms with Crippen LogP contribution in [-0.2, 0) is 4.74 Å². The topological polar surface area (TPSA) is 64.8 Å². The minimum absolute atomic E-state index is 0.393. The van der Waals surface area contributed by atoms with Gasteiger partial charge in [-0.15, -0.1) is 0 Å². The molecule has 2 N–H and O–H groups in total. The van der Waals surface area contributed by atoms with Gasteiger partial charge in [-0.3, -0.25) is 4.90 Å². The Morgan fingerprint density at radius 2 is 1.95 bits per heavy atom. The van der Waals surface area contributed by atoms with Gasteiger partial charge < -0.3 is 15.2 Å². The Labute approximate surface area is 120 Å². The molecular formula is C15H24N2O3. The summed E-state index contributed by atoms with van der Waals surface area (Å²) < 4.78 is 10.7. The second-order valence-corrected chi connectivity index (χ2v) is 5.45. The molecule has 1 aromatic rings. The van der Waals surface area contributed by atoms with Crippen molar-refractivity contribution in [2.45, 2.75) is 32.8 Å². The number of para-hydroxylation sites is 2. The number of hydrogen-bond donors (Lipinski definition) is 1. The van der Waals surface area contributed by atoms with Crippen molar-refractivity contribution in [3.05, 3.63) is 24.3 Å². The standard InChI is InChI=1S/C15H24N2O3/c1-15(2,3)20-14(18)17(11-7-10-16)12-8-5-6-9-13(12)19-4/h5-6,8-9H,7,10-11,16H2,1-4H3. The number of ether oxygens (including phenoxy) is 2. The maximum atomic E-state index is 12.3. The second-order valence-electron chi connectivity index (χ2n) is 5.45. The van der Waals surface area contributed by atoms with Gasteiger partial charge in [0.2, 0.25) is 0 Å². The van der Waals surface area contributed by atoms with Crippen molar-refractivity contribution in [2.75, 3.05) is 25.1 Å². The predicted octanol–water partition coefficient (Wildman–Crippen LogP) is 2.79. The molecule has 5 heteroatoms. The SMILES string of the molecule is COc1ccccc1N(CCCN)C(=O)OC(C)(C)C. The fourth-order valence-electron chi connectivity index (χ4n) is 1.73. The smallest absolute Gasteiger partial charge is 0.414 e. The molecule has 20 heavy (non-hydrogen) atoms. The van der Waals surface area contributed by atoms with E-state index in [4.69, 9.17) is 15.2 Å². The third kappa shape index (κ3) is 4.74. The summed E-state index contributed by atoms with van der Waals surface area (Å²) in [6.45, 7) is 6.52. The average molecular weight is 280 g/mol. The lowest BCUT2D eigenvalue weighted by Crippen LogP contribution is -2.38. The van der Waals surface area contributed by atoms with E-state index in [-0.39, 0.29) is 0 Å². The molecule has 0 saturated heterocycles. The Morgan fingerprint density at radius 1 is 1.30 bits per heavy atom. The molecule has 112 valence electrons. The van der Waals surface area contributed by atoms with Crippen LogP contribution >= 0.6 is 0 Å². The number of amides is 1. The second kappa shape index (κ2) is 7.14. The molecule has 5 nitrogen and oxygen atoms in total. The van der Waals surface area contributed by atoms with E-state index in [1.165, 1.54) is 0 Å². The quantitative estimate of drug-likeness (QED) is 0.900. The van der Waals surface area contributed by atoms with E-state index < -0.39 is 11.7 Å². The maximum absolute atomic E-state index is 12.3. The van der Waals surface area contributed by atoms with E-state index >= 15 is 0 Å². The normalized spacial score (nSPS) is 11.1. The van der Waals surface area contributed by atoms with Crippen LogP contribution in [0.25, 0.3) is 0 Å². The van der Waals surface area contributed by atoms with Crippen molar-refractivity contribution in [2.24, 2.45) is 5.73 Å². The Kier molecular flexibility index (Phi) is 5.82. The fourth-order valence-corrected chi connectivity index (χ4v) is 1.73. The summed E-state index contributed by atoms with van der Waals surface area (Å²) in [5.74, 6) is 0.635. The predicted molar refractivity (Wildman–Crippen MR) is 80.2 cm³/mol. The summed E-state index contributed by atoms with van der Waals surface area (Å²) in [6, 6.07) is 7.37. The fraction of sp³-hybridized carbons (Fsp3) is 0.533. The molecule has 0 aliphatic carbocycles. The van der Waals surface area contributed by atoms with Crippen LogP contribution in [0.4, 0.5) is 10.5 Å². The number of hydrogen-bond acceptors (Lipinski definition) is 4. The number of nitrogens with zero attached hydrogens (tertiary/aromatic N) is 1. The lowest BCUT2D eigenvalue weighted by Gasteiger charge is -2.28. The molecule has 0 heterocycles. The van der Waals surface area contributed by atoms with Crippen LogP contribution in [0.1, 0.15) is 27.2 Å². The Morgan fingerprint density at radius 3 is 2.50 bits per heavy atom. The van der Waals surface area contributed by atoms with Crippen LogP contribution in [0, 0.1) is 0 Å². The van der Waals surface area contributed by atoms with Gasteiger partial charge >= 0.3 is 6.09 Å². The van der Waals surface area contributed by atoms with Crippen molar-refractivity contribution in [1.82, 2.24) is 0 Å². The Bertz CT molecular complexity index is 441. The molecule has 0 unspecified atom stereocenters. The van der Waals surface area contributed by atoms with Crippen LogP contribution in [-0.4, -0.2) is 31.9 Å². The van der Waals surface area contributed by atoms with Crippen molar-refractivity contribution in [3.8, 4) is 5.75 Å². The summed E-state index contributed by atoms with van der Waals surface area (Å²) >= 11 is 0. The van der Waals surface area contributed by atoms with E-state index in [2.05, 4.69) is 0 Å². The van der Waals surface area contributed by atoms with Crippen LogP contribution in [0.2, 0.25) is 0 Å². The highest BCUT2D eigenvalue weighted by molar-refractivity contribution is 5.89. The van der Waals surface area contributed by atoms with Crippen molar-refractivity contribution in [3.63, 3.8) is 0 Å². The average Bonchev–Trinajstić information content (AvgIpc) is 2.37. The zero-order valence-electron chi connectivity index (χ0n) is 12.7. The molecule has 0 aliphatic heterocycles. The molecule has 0 radical (unpaired) electrons. The molecule has 0 aliphatic rings. The summed E-state index contributed by atoms with van der Waals surface area (Å²) in [5, 5.41) is 0. The molecule has 0 atom stereocenters. The monoisotopic (exact) mass is 280 g/mol. The molecule has 0 aromatic heterocycles. The number of benzene rings is 1. The van der Waals surface area contributed by atoms with Gasteiger partial charge in [-0.05, 0) is 45.9 Å². The van der Waals surface area contributed by atoms with E-state index in [0.29, 0.717) is 30.9 Å². The summed E-state index contributed by atoms with van der Waals surface area (Å²) in [6.07, 6.45) is 0.299. The van der Waals surface area contributed by atoms with Gasteiger partial charge in [-0.25, -0.2) is 4.79 Å². The van der Waals surface area contributed by atoms with E-state index in [0.717, 1.165) is 0 Å². The first-order chi connectivity index (χ1) is 9.39. The Balaban J connectivity index is 3.02. The van der Waals surface area contributed by atoms with Gasteiger partial charge in [0.05, 0.1) is 12.8 Å². The lowest BCUT2D eigenvalue weighted by molar-refractivity contribution is 0.0579. The lowest BCUT2D eigenvalue weighted by atomic mass is 10.2. The van der Waals surface area contributed by atoms with Gasteiger partial charge in [-0.1, -0.05) is 12.1 Å². The van der Waals surface area contributed by atoms with E-state index in [9.17, 15) is 4.79 Å². The summed E-state index contributed by atoms with van der Waals surface area (Å²) in [4.78, 5) is 13.9. The van der Waals surface area contributed by atoms with Gasteiger partial charge in [-0.2, -0.15) is 0 Å². The molecule has 1 rings (SSSR count). The van der Waals surface area contributed by atoms with Crippen molar-refractivity contribution in [1.29, 1.82) is 0 Å².